The van der Waals surface area contributed by atoms with Crippen LogP contribution in [0.1, 0.15) is 12.5 Å². The van der Waals surface area contributed by atoms with Gasteiger partial charge in [0, 0.05) is 24.0 Å². The molecule has 3 heteroatoms. The normalized spacial score (nSPS) is 30.7. The fourth-order valence-corrected chi connectivity index (χ4v) is 2.29. The van der Waals surface area contributed by atoms with Gasteiger partial charge in [0.25, 0.3) is 0 Å². The number of rotatable bonds is 2. The average Bonchev–Trinajstić information content (AvgIpc) is 2.46. The first-order valence-corrected chi connectivity index (χ1v) is 5.60. The Kier molecular flexibility index (Phi) is 2.98. The Morgan fingerprint density at radius 3 is 3.00 bits per heavy atom. The van der Waals surface area contributed by atoms with Gasteiger partial charge >= 0.3 is 0 Å². The number of alkyl halides is 1. The molecule has 0 bridgehead atoms. The van der Waals surface area contributed by atoms with Gasteiger partial charge in [0.05, 0.1) is 0 Å². The van der Waals surface area contributed by atoms with E-state index in [1.807, 2.05) is 24.3 Å². The predicted octanol–water partition coefficient (Wildman–Crippen LogP) is 2.83. The summed E-state index contributed by atoms with van der Waals surface area (Å²) in [4.78, 5) is 0. The van der Waals surface area contributed by atoms with Crippen LogP contribution in [-0.4, -0.2) is 18.8 Å². The van der Waals surface area contributed by atoms with Gasteiger partial charge < -0.3 is 5.32 Å². The van der Waals surface area contributed by atoms with Crippen LogP contribution in [0.5, 0.6) is 0 Å². The van der Waals surface area contributed by atoms with E-state index in [9.17, 15) is 4.39 Å². The summed E-state index contributed by atoms with van der Waals surface area (Å²) in [5.41, 5.74) is 0.0163. The van der Waals surface area contributed by atoms with Gasteiger partial charge in [0.15, 0.2) is 0 Å². The van der Waals surface area contributed by atoms with Crippen LogP contribution in [0.4, 0.5) is 4.39 Å². The van der Waals surface area contributed by atoms with Crippen LogP contribution in [0.15, 0.2) is 24.3 Å². The first-order chi connectivity index (χ1) is 7.08. The minimum Gasteiger partial charge on any atom is -0.313 e. The zero-order valence-corrected chi connectivity index (χ0v) is 9.52. The lowest BCUT2D eigenvalue weighted by Crippen LogP contribution is -2.29. The van der Waals surface area contributed by atoms with E-state index in [1.54, 1.807) is 6.92 Å². The monoisotopic (exact) mass is 227 g/mol. The Balaban J connectivity index is 2.09. The van der Waals surface area contributed by atoms with Crippen LogP contribution in [0.2, 0.25) is 5.02 Å². The second-order valence-electron chi connectivity index (χ2n) is 4.44. The molecule has 0 aliphatic carbocycles. The van der Waals surface area contributed by atoms with Crippen molar-refractivity contribution in [3.05, 3.63) is 34.9 Å². The Hall–Kier alpha value is -0.600. The SMILES string of the molecule is CC1(F)CNCC1Cc1cccc(Cl)c1. The van der Waals surface area contributed by atoms with Crippen molar-refractivity contribution >= 4 is 11.6 Å². The molecule has 2 unspecified atom stereocenters. The van der Waals surface area contributed by atoms with Crippen LogP contribution in [0, 0.1) is 5.92 Å². The Morgan fingerprint density at radius 2 is 2.40 bits per heavy atom. The van der Waals surface area contributed by atoms with E-state index in [4.69, 9.17) is 11.6 Å². The van der Waals surface area contributed by atoms with Crippen molar-refractivity contribution in [3.8, 4) is 0 Å². The lowest BCUT2D eigenvalue weighted by Gasteiger charge is -2.21. The lowest BCUT2D eigenvalue weighted by atomic mass is 9.89. The Labute approximate surface area is 94.6 Å². The summed E-state index contributed by atoms with van der Waals surface area (Å²) in [5, 5.41) is 3.81. The molecule has 0 spiro atoms. The van der Waals surface area contributed by atoms with Crippen LogP contribution in [0.3, 0.4) is 0 Å². The second kappa shape index (κ2) is 4.11. The molecule has 0 saturated carbocycles. The zero-order valence-electron chi connectivity index (χ0n) is 8.76. The standard InChI is InChI=1S/C12H15ClFN/c1-12(14)8-15-7-10(12)5-9-3-2-4-11(13)6-9/h2-4,6,10,15H,5,7-8H2,1H3. The maximum absolute atomic E-state index is 14.0. The molecule has 2 atom stereocenters. The van der Waals surface area contributed by atoms with Crippen molar-refractivity contribution in [2.24, 2.45) is 5.92 Å². The van der Waals surface area contributed by atoms with E-state index in [0.717, 1.165) is 23.6 Å². The van der Waals surface area contributed by atoms with Crippen molar-refractivity contribution in [2.75, 3.05) is 13.1 Å². The van der Waals surface area contributed by atoms with E-state index < -0.39 is 5.67 Å². The highest BCUT2D eigenvalue weighted by molar-refractivity contribution is 6.30. The fraction of sp³-hybridized carbons (Fsp3) is 0.500. The van der Waals surface area contributed by atoms with E-state index in [2.05, 4.69) is 5.32 Å². The van der Waals surface area contributed by atoms with Crippen molar-refractivity contribution in [3.63, 3.8) is 0 Å². The number of hydrogen-bond donors (Lipinski definition) is 1. The lowest BCUT2D eigenvalue weighted by molar-refractivity contribution is 0.152. The highest BCUT2D eigenvalue weighted by atomic mass is 35.5. The summed E-state index contributed by atoms with van der Waals surface area (Å²) < 4.78 is 14.0. The maximum Gasteiger partial charge on any atom is 0.124 e. The van der Waals surface area contributed by atoms with Gasteiger partial charge in [0.1, 0.15) is 5.67 Å². The van der Waals surface area contributed by atoms with E-state index in [0.29, 0.717) is 6.54 Å². The third-order valence-electron chi connectivity index (χ3n) is 3.08. The topological polar surface area (TPSA) is 12.0 Å². The van der Waals surface area contributed by atoms with Crippen LogP contribution in [0.25, 0.3) is 0 Å². The van der Waals surface area contributed by atoms with E-state index in [-0.39, 0.29) is 5.92 Å². The van der Waals surface area contributed by atoms with E-state index in [1.165, 1.54) is 0 Å². The van der Waals surface area contributed by atoms with Gasteiger partial charge in [0.2, 0.25) is 0 Å². The van der Waals surface area contributed by atoms with Crippen molar-refractivity contribution in [2.45, 2.75) is 19.0 Å². The van der Waals surface area contributed by atoms with Gasteiger partial charge in [-0.05, 0) is 31.0 Å². The largest absolute Gasteiger partial charge is 0.313 e. The molecule has 15 heavy (non-hydrogen) atoms. The summed E-state index contributed by atoms with van der Waals surface area (Å²) in [6.07, 6.45) is 0.751. The molecule has 0 aromatic heterocycles. The molecule has 1 aromatic rings. The minimum atomic E-state index is -1.09. The van der Waals surface area contributed by atoms with E-state index >= 15 is 0 Å². The van der Waals surface area contributed by atoms with Gasteiger partial charge in [-0.25, -0.2) is 4.39 Å². The number of nitrogens with one attached hydrogen (secondary N) is 1. The molecule has 1 N–H and O–H groups in total. The summed E-state index contributed by atoms with van der Waals surface area (Å²) in [5.74, 6) is 0.0518. The van der Waals surface area contributed by atoms with Gasteiger partial charge in [-0.1, -0.05) is 23.7 Å². The zero-order chi connectivity index (χ0) is 10.9. The Morgan fingerprint density at radius 1 is 1.60 bits per heavy atom. The molecule has 1 aliphatic heterocycles. The molecule has 1 aliphatic rings. The third kappa shape index (κ3) is 2.50. The first kappa shape index (κ1) is 10.9. The summed E-state index contributed by atoms with van der Waals surface area (Å²) >= 11 is 5.89. The van der Waals surface area contributed by atoms with Crippen LogP contribution >= 0.6 is 11.6 Å². The van der Waals surface area contributed by atoms with Crippen LogP contribution < -0.4 is 5.32 Å². The molecule has 1 saturated heterocycles. The highest BCUT2D eigenvalue weighted by Gasteiger charge is 2.38. The molecule has 1 heterocycles. The summed E-state index contributed by atoms with van der Waals surface area (Å²) in [6, 6.07) is 7.67. The van der Waals surface area contributed by atoms with Gasteiger partial charge in [-0.2, -0.15) is 0 Å². The minimum absolute atomic E-state index is 0.0518. The molecular weight excluding hydrogens is 213 g/mol. The molecule has 0 radical (unpaired) electrons. The predicted molar refractivity (Wildman–Crippen MR) is 61.0 cm³/mol. The van der Waals surface area contributed by atoms with Crippen molar-refractivity contribution in [1.29, 1.82) is 0 Å². The van der Waals surface area contributed by atoms with Crippen molar-refractivity contribution in [1.82, 2.24) is 5.32 Å². The fourth-order valence-electron chi connectivity index (χ4n) is 2.08. The van der Waals surface area contributed by atoms with Gasteiger partial charge in [-0.15, -0.1) is 0 Å². The van der Waals surface area contributed by atoms with Gasteiger partial charge in [-0.3, -0.25) is 0 Å². The Bertz CT molecular complexity index is 351. The number of halogens is 2. The highest BCUT2D eigenvalue weighted by Crippen LogP contribution is 2.29. The quantitative estimate of drug-likeness (QED) is 0.820. The van der Waals surface area contributed by atoms with Crippen molar-refractivity contribution < 1.29 is 4.39 Å². The third-order valence-corrected chi connectivity index (χ3v) is 3.32. The molecule has 1 fully saturated rings. The number of hydrogen-bond acceptors (Lipinski definition) is 1. The summed E-state index contributed by atoms with van der Waals surface area (Å²) in [7, 11) is 0. The second-order valence-corrected chi connectivity index (χ2v) is 4.88. The molecule has 1 nitrogen and oxygen atoms in total. The molecule has 82 valence electrons. The molecular formula is C12H15ClFN. The maximum atomic E-state index is 14.0. The average molecular weight is 228 g/mol. The molecule has 0 amide bonds. The smallest absolute Gasteiger partial charge is 0.124 e. The molecule has 1 aromatic carbocycles. The number of benzene rings is 1. The first-order valence-electron chi connectivity index (χ1n) is 5.22. The van der Waals surface area contributed by atoms with Crippen LogP contribution in [-0.2, 0) is 6.42 Å². The molecule has 2 rings (SSSR count). The summed E-state index contributed by atoms with van der Waals surface area (Å²) in [6.45, 7) is 2.87.